The minimum atomic E-state index is -0.194. The van der Waals surface area contributed by atoms with Crippen LogP contribution in [0.4, 0.5) is 0 Å². The van der Waals surface area contributed by atoms with Gasteiger partial charge in [0.05, 0.1) is 17.8 Å². The van der Waals surface area contributed by atoms with Crippen LogP contribution in [0.2, 0.25) is 0 Å². The van der Waals surface area contributed by atoms with Gasteiger partial charge in [-0.25, -0.2) is 0 Å². The van der Waals surface area contributed by atoms with Gasteiger partial charge in [-0.05, 0) is 104 Å². The first-order chi connectivity index (χ1) is 17.9. The predicted molar refractivity (Wildman–Crippen MR) is 145 cm³/mol. The second kappa shape index (κ2) is 7.12. The first-order valence-corrected chi connectivity index (χ1v) is 15.7. The number of ether oxygens (including phenoxy) is 1. The molecule has 2 heterocycles. The van der Waals surface area contributed by atoms with E-state index >= 15 is 0 Å². The third-order valence-electron chi connectivity index (χ3n) is 14.2. The van der Waals surface area contributed by atoms with E-state index in [4.69, 9.17) is 4.74 Å². The van der Waals surface area contributed by atoms with Crippen molar-refractivity contribution < 1.29 is 9.84 Å². The highest BCUT2D eigenvalue weighted by molar-refractivity contribution is 5.42. The summed E-state index contributed by atoms with van der Waals surface area (Å²) in [5.74, 6) is 4.19. The maximum absolute atomic E-state index is 10.4. The lowest BCUT2D eigenvalue weighted by Gasteiger charge is -2.60. The van der Waals surface area contributed by atoms with Crippen molar-refractivity contribution in [2.45, 2.75) is 108 Å². The monoisotopic (exact) mass is 499 g/mol. The molecule has 1 aromatic carbocycles. The number of allylic oxidation sites excluding steroid dienone is 1. The zero-order chi connectivity index (χ0) is 24.8. The van der Waals surface area contributed by atoms with E-state index in [0.717, 1.165) is 42.6 Å². The number of rotatable bonds is 2. The highest BCUT2D eigenvalue weighted by atomic mass is 16.5. The van der Waals surface area contributed by atoms with Crippen LogP contribution in [0.15, 0.2) is 42.0 Å². The zero-order valence-corrected chi connectivity index (χ0v) is 22.9. The number of fused-ring (bicyclic) bond motifs is 6. The Kier molecular flexibility index (Phi) is 4.36. The third kappa shape index (κ3) is 2.57. The van der Waals surface area contributed by atoms with Crippen molar-refractivity contribution in [2.24, 2.45) is 45.8 Å². The Hall–Kier alpha value is -1.16. The Balaban J connectivity index is 1.03. The largest absolute Gasteiger partial charge is 0.389 e. The Morgan fingerprint density at radius 2 is 1.89 bits per heavy atom. The standard InChI is InChI=1S/C34H45NO2/c1-21-14-29-30(35(18-21)19-22-6-4-3-5-7-22)28-17-33-20-32(33)16-27-25(26(32)11-13-34(28,33)37-29)9-8-23-15-24(36)10-12-31(23,27)2/h3-7,15,21,24-30,36H,8-14,16-20H2,1-2H3/t21-,24-,25-,26-,27-,28+,29+,30-,31-,32?,33?,34+/m0/s1. The Morgan fingerprint density at radius 3 is 2.76 bits per heavy atom. The molecule has 2 aliphatic heterocycles. The lowest BCUT2D eigenvalue weighted by Crippen LogP contribution is -2.64. The van der Waals surface area contributed by atoms with Crippen LogP contribution in [0.3, 0.4) is 0 Å². The zero-order valence-electron chi connectivity index (χ0n) is 22.9. The van der Waals surface area contributed by atoms with Crippen LogP contribution in [-0.4, -0.2) is 40.4 Å². The van der Waals surface area contributed by atoms with E-state index in [1.807, 2.05) is 0 Å². The molecule has 0 aromatic heterocycles. The quantitative estimate of drug-likeness (QED) is 0.481. The molecular formula is C34H45NO2. The fraction of sp³-hybridized carbons (Fsp3) is 0.765. The Labute approximate surface area is 223 Å². The van der Waals surface area contributed by atoms with E-state index in [2.05, 4.69) is 55.2 Å². The fourth-order valence-corrected chi connectivity index (χ4v) is 12.9. The van der Waals surface area contributed by atoms with Crippen molar-refractivity contribution >= 4 is 0 Å². The molecule has 1 aromatic rings. The Bertz CT molecular complexity index is 1160. The minimum Gasteiger partial charge on any atom is -0.389 e. The fourth-order valence-electron chi connectivity index (χ4n) is 12.9. The van der Waals surface area contributed by atoms with Gasteiger partial charge in [0.25, 0.3) is 0 Å². The molecule has 9 rings (SSSR count). The van der Waals surface area contributed by atoms with Crippen molar-refractivity contribution in [3.05, 3.63) is 47.5 Å². The smallest absolute Gasteiger partial charge is 0.0793 e. The minimum absolute atomic E-state index is 0.188. The summed E-state index contributed by atoms with van der Waals surface area (Å²) in [6, 6.07) is 11.8. The van der Waals surface area contributed by atoms with Crippen LogP contribution in [0.1, 0.15) is 83.6 Å². The number of aliphatic hydroxyl groups excluding tert-OH is 1. The van der Waals surface area contributed by atoms with Crippen LogP contribution in [0.25, 0.3) is 0 Å². The highest BCUT2D eigenvalue weighted by Gasteiger charge is 2.91. The summed E-state index contributed by atoms with van der Waals surface area (Å²) in [5, 5.41) is 10.4. The molecular weight excluding hydrogens is 454 g/mol. The van der Waals surface area contributed by atoms with E-state index in [-0.39, 0.29) is 11.7 Å². The van der Waals surface area contributed by atoms with E-state index in [0.29, 0.717) is 28.4 Å². The van der Waals surface area contributed by atoms with Crippen molar-refractivity contribution in [1.82, 2.24) is 4.90 Å². The van der Waals surface area contributed by atoms with Crippen molar-refractivity contribution in [3.8, 4) is 0 Å². The molecule has 2 unspecified atom stereocenters. The van der Waals surface area contributed by atoms with Gasteiger partial charge in [0, 0.05) is 30.5 Å². The molecule has 6 aliphatic carbocycles. The van der Waals surface area contributed by atoms with E-state index in [1.54, 1.807) is 5.57 Å². The number of hydrogen-bond donors (Lipinski definition) is 1. The molecule has 3 heteroatoms. The molecule has 0 radical (unpaired) electrons. The van der Waals surface area contributed by atoms with Crippen molar-refractivity contribution in [1.29, 1.82) is 0 Å². The number of nitrogens with zero attached hydrogens (tertiary/aromatic N) is 1. The van der Waals surface area contributed by atoms with Gasteiger partial charge in [-0.2, -0.15) is 0 Å². The number of piperidine rings is 1. The average molecular weight is 500 g/mol. The van der Waals surface area contributed by atoms with Gasteiger partial charge >= 0.3 is 0 Å². The molecule has 8 aliphatic rings. The van der Waals surface area contributed by atoms with Gasteiger partial charge in [-0.1, -0.05) is 55.8 Å². The number of hydrogen-bond acceptors (Lipinski definition) is 3. The summed E-state index contributed by atoms with van der Waals surface area (Å²) in [6.07, 6.45) is 15.7. The van der Waals surface area contributed by atoms with Gasteiger partial charge in [0.1, 0.15) is 0 Å². The first kappa shape index (κ1) is 22.6. The summed E-state index contributed by atoms with van der Waals surface area (Å²) >= 11 is 0. The lowest BCUT2D eigenvalue weighted by molar-refractivity contribution is -0.211. The number of aliphatic hydroxyl groups is 1. The molecule has 37 heavy (non-hydrogen) atoms. The lowest BCUT2D eigenvalue weighted by atomic mass is 9.47. The normalized spacial score (nSPS) is 56.9. The maximum Gasteiger partial charge on any atom is 0.0793 e. The summed E-state index contributed by atoms with van der Waals surface area (Å²) in [5.41, 5.74) is 4.69. The molecule has 198 valence electrons. The predicted octanol–water partition coefficient (Wildman–Crippen LogP) is 6.36. The van der Waals surface area contributed by atoms with Crippen molar-refractivity contribution in [2.75, 3.05) is 6.54 Å². The molecule has 3 nitrogen and oxygen atoms in total. The van der Waals surface area contributed by atoms with Crippen molar-refractivity contribution in [3.63, 3.8) is 0 Å². The molecule has 3 spiro atoms. The van der Waals surface area contributed by atoms with Gasteiger partial charge in [-0.15, -0.1) is 0 Å². The van der Waals surface area contributed by atoms with Crippen LogP contribution < -0.4 is 0 Å². The Morgan fingerprint density at radius 1 is 1.03 bits per heavy atom. The SMILES string of the molecule is C[C@H]1C[C@H]2O[C@@]34CC[C@H]5[C@@H]6CCC7=C[C@@H](O)CC[C@]7(C)[C@H]6CC56CC63C[C@@H]4[C@@H]2N(Cc2ccccc2)C1. The third-order valence-corrected chi connectivity index (χ3v) is 14.2. The number of benzene rings is 1. The van der Waals surface area contributed by atoms with E-state index < -0.39 is 0 Å². The van der Waals surface area contributed by atoms with E-state index in [9.17, 15) is 5.11 Å². The summed E-state index contributed by atoms with van der Waals surface area (Å²) in [6.45, 7) is 7.37. The molecule has 2 saturated heterocycles. The van der Waals surface area contributed by atoms with E-state index in [1.165, 1.54) is 69.9 Å². The van der Waals surface area contributed by atoms with Gasteiger partial charge < -0.3 is 9.84 Å². The summed E-state index contributed by atoms with van der Waals surface area (Å²) in [7, 11) is 0. The molecule has 1 N–H and O–H groups in total. The summed E-state index contributed by atoms with van der Waals surface area (Å²) in [4.78, 5) is 2.85. The van der Waals surface area contributed by atoms with Gasteiger partial charge in [-0.3, -0.25) is 4.90 Å². The summed E-state index contributed by atoms with van der Waals surface area (Å²) < 4.78 is 7.45. The van der Waals surface area contributed by atoms with Crippen LogP contribution in [0, 0.1) is 45.8 Å². The molecule has 12 atom stereocenters. The molecule has 7 fully saturated rings. The second-order valence-electron chi connectivity index (χ2n) is 15.4. The highest BCUT2D eigenvalue weighted by Crippen LogP contribution is 2.93. The van der Waals surface area contributed by atoms with Crippen LogP contribution in [-0.2, 0) is 11.3 Å². The molecule has 5 saturated carbocycles. The van der Waals surface area contributed by atoms with Crippen LogP contribution in [0.5, 0.6) is 0 Å². The van der Waals surface area contributed by atoms with Crippen LogP contribution >= 0.6 is 0 Å². The number of likely N-dealkylation sites (tertiary alicyclic amines) is 1. The average Bonchev–Trinajstić information content (AvgIpc) is 3.36. The molecule has 0 amide bonds. The topological polar surface area (TPSA) is 32.7 Å². The first-order valence-electron chi connectivity index (χ1n) is 15.7. The molecule has 0 bridgehead atoms. The van der Waals surface area contributed by atoms with Gasteiger partial charge in [0.2, 0.25) is 0 Å². The maximum atomic E-state index is 10.4. The second-order valence-corrected chi connectivity index (χ2v) is 15.4. The van der Waals surface area contributed by atoms with Gasteiger partial charge in [0.15, 0.2) is 0 Å².